The lowest BCUT2D eigenvalue weighted by atomic mass is 9.81. The number of halogens is 1. The van der Waals surface area contributed by atoms with E-state index in [9.17, 15) is 14.0 Å². The molecule has 2 aliphatic heterocycles. The zero-order valence-electron chi connectivity index (χ0n) is 12.3. The number of nitrogens with zero attached hydrogens (tertiary/aromatic N) is 1. The van der Waals surface area contributed by atoms with Crippen LogP contribution >= 0.6 is 0 Å². The minimum Gasteiger partial charge on any atom is -0.324 e. The Morgan fingerprint density at radius 2 is 1.78 bits per heavy atom. The molecule has 0 saturated heterocycles. The molecule has 2 amide bonds. The lowest BCUT2D eigenvalue weighted by Crippen LogP contribution is -2.44. The molecule has 4 rings (SSSR count). The summed E-state index contributed by atoms with van der Waals surface area (Å²) in [5, 5.41) is 2.77. The van der Waals surface area contributed by atoms with Crippen molar-refractivity contribution in [1.82, 2.24) is 5.32 Å². The molecule has 0 aliphatic carbocycles. The zero-order chi connectivity index (χ0) is 16.2. The van der Waals surface area contributed by atoms with Gasteiger partial charge in [-0.3, -0.25) is 9.59 Å². The number of amides is 2. The molecule has 23 heavy (non-hydrogen) atoms. The number of carbonyl (C=O) groups is 2. The van der Waals surface area contributed by atoms with Crippen LogP contribution in [-0.2, 0) is 15.0 Å². The average Bonchev–Trinajstić information content (AvgIpc) is 3.02. The third-order valence-corrected chi connectivity index (χ3v) is 4.44. The van der Waals surface area contributed by atoms with Gasteiger partial charge in [-0.1, -0.05) is 42.5 Å². The molecule has 2 aromatic rings. The van der Waals surface area contributed by atoms with Gasteiger partial charge in [0.15, 0.2) is 5.41 Å². The molecule has 1 spiro atoms. The molecule has 114 valence electrons. The van der Waals surface area contributed by atoms with E-state index in [0.29, 0.717) is 11.3 Å². The highest BCUT2D eigenvalue weighted by Crippen LogP contribution is 2.47. The van der Waals surface area contributed by atoms with E-state index in [1.54, 1.807) is 12.1 Å². The number of carbonyl (C=O) groups excluding carboxylic acids is 2. The SMILES string of the molecule is CN1C(=O)C2(C=C(c3ccccc3)NC2=O)c2cccc(F)c21. The van der Waals surface area contributed by atoms with Crippen molar-refractivity contribution in [3.8, 4) is 0 Å². The Morgan fingerprint density at radius 1 is 1.04 bits per heavy atom. The first-order valence-electron chi connectivity index (χ1n) is 7.22. The minimum atomic E-state index is -1.49. The van der Waals surface area contributed by atoms with Crippen LogP contribution < -0.4 is 10.2 Å². The van der Waals surface area contributed by atoms with E-state index < -0.39 is 23.0 Å². The number of hydrogen-bond acceptors (Lipinski definition) is 2. The molecule has 0 fully saturated rings. The Morgan fingerprint density at radius 3 is 2.52 bits per heavy atom. The summed E-state index contributed by atoms with van der Waals surface area (Å²) in [6, 6.07) is 13.7. The first-order valence-corrected chi connectivity index (χ1v) is 7.22. The molecule has 5 heteroatoms. The standard InChI is InChI=1S/C18H13FN2O2/c1-21-15-12(8-5-9-13(15)19)18(17(21)23)10-14(20-16(18)22)11-6-3-2-4-7-11/h2-10H,1H3,(H,20,22). The van der Waals surface area contributed by atoms with Gasteiger partial charge in [-0.25, -0.2) is 4.39 Å². The smallest absolute Gasteiger partial charge is 0.251 e. The molecule has 1 N–H and O–H groups in total. The van der Waals surface area contributed by atoms with Gasteiger partial charge in [0, 0.05) is 18.3 Å². The summed E-state index contributed by atoms with van der Waals surface area (Å²) in [5.41, 5.74) is 0.427. The average molecular weight is 308 g/mol. The van der Waals surface area contributed by atoms with Crippen LogP contribution in [0.5, 0.6) is 0 Å². The van der Waals surface area contributed by atoms with Gasteiger partial charge < -0.3 is 10.2 Å². The minimum absolute atomic E-state index is 0.165. The van der Waals surface area contributed by atoms with E-state index in [0.717, 1.165) is 5.56 Å². The highest BCUT2D eigenvalue weighted by atomic mass is 19.1. The molecular weight excluding hydrogens is 295 g/mol. The van der Waals surface area contributed by atoms with Gasteiger partial charge in [-0.15, -0.1) is 0 Å². The van der Waals surface area contributed by atoms with Gasteiger partial charge in [0.25, 0.3) is 5.91 Å². The second-order valence-electron chi connectivity index (χ2n) is 5.69. The fraction of sp³-hybridized carbons (Fsp3) is 0.111. The van der Waals surface area contributed by atoms with Crippen molar-refractivity contribution in [3.63, 3.8) is 0 Å². The van der Waals surface area contributed by atoms with Crippen molar-refractivity contribution in [3.05, 3.63) is 71.6 Å². The highest BCUT2D eigenvalue weighted by molar-refractivity contribution is 6.27. The van der Waals surface area contributed by atoms with Crippen LogP contribution in [0.1, 0.15) is 11.1 Å². The largest absolute Gasteiger partial charge is 0.324 e. The normalized spacial score (nSPS) is 22.3. The van der Waals surface area contributed by atoms with E-state index in [1.807, 2.05) is 30.3 Å². The summed E-state index contributed by atoms with van der Waals surface area (Å²) >= 11 is 0. The van der Waals surface area contributed by atoms with E-state index in [2.05, 4.69) is 5.32 Å². The van der Waals surface area contributed by atoms with Crippen molar-refractivity contribution in [2.75, 3.05) is 11.9 Å². The van der Waals surface area contributed by atoms with Crippen molar-refractivity contribution in [1.29, 1.82) is 0 Å². The molecule has 0 radical (unpaired) electrons. The fourth-order valence-electron chi connectivity index (χ4n) is 3.33. The maximum Gasteiger partial charge on any atom is 0.251 e. The molecule has 2 aliphatic rings. The molecule has 1 atom stereocenters. The van der Waals surface area contributed by atoms with Crippen LogP contribution in [0.3, 0.4) is 0 Å². The van der Waals surface area contributed by atoms with Gasteiger partial charge in [0.1, 0.15) is 5.82 Å². The summed E-state index contributed by atoms with van der Waals surface area (Å²) in [5.74, 6) is -1.40. The second kappa shape index (κ2) is 4.52. The Balaban J connectivity index is 1.95. The molecule has 1 unspecified atom stereocenters. The number of hydrogen-bond donors (Lipinski definition) is 1. The van der Waals surface area contributed by atoms with Crippen LogP contribution in [0, 0.1) is 5.82 Å². The summed E-state index contributed by atoms with van der Waals surface area (Å²) in [4.78, 5) is 26.7. The summed E-state index contributed by atoms with van der Waals surface area (Å²) < 4.78 is 14.2. The summed E-state index contributed by atoms with van der Waals surface area (Å²) in [7, 11) is 1.49. The third-order valence-electron chi connectivity index (χ3n) is 4.44. The van der Waals surface area contributed by atoms with E-state index in [1.165, 1.54) is 24.1 Å². The molecule has 4 nitrogen and oxygen atoms in total. The predicted molar refractivity (Wildman–Crippen MR) is 84.0 cm³/mol. The Bertz CT molecular complexity index is 876. The Kier molecular flexibility index (Phi) is 2.69. The second-order valence-corrected chi connectivity index (χ2v) is 5.69. The Hall–Kier alpha value is -2.95. The monoisotopic (exact) mass is 308 g/mol. The quantitative estimate of drug-likeness (QED) is 0.821. The number of para-hydroxylation sites is 1. The van der Waals surface area contributed by atoms with Crippen LogP contribution in [0.2, 0.25) is 0 Å². The van der Waals surface area contributed by atoms with Gasteiger partial charge in [0.2, 0.25) is 5.91 Å². The van der Waals surface area contributed by atoms with Gasteiger partial charge in [-0.05, 0) is 17.7 Å². The molecule has 0 bridgehead atoms. The van der Waals surface area contributed by atoms with Gasteiger partial charge >= 0.3 is 0 Å². The van der Waals surface area contributed by atoms with Crippen LogP contribution in [0.25, 0.3) is 5.70 Å². The highest BCUT2D eigenvalue weighted by Gasteiger charge is 2.57. The molecule has 2 aromatic carbocycles. The summed E-state index contributed by atoms with van der Waals surface area (Å²) in [6.07, 6.45) is 1.61. The van der Waals surface area contributed by atoms with Gasteiger partial charge in [0.05, 0.1) is 5.69 Å². The van der Waals surface area contributed by atoms with Crippen LogP contribution in [0.4, 0.5) is 10.1 Å². The predicted octanol–water partition coefficient (Wildman–Crippen LogP) is 2.21. The van der Waals surface area contributed by atoms with Crippen molar-refractivity contribution < 1.29 is 14.0 Å². The lowest BCUT2D eigenvalue weighted by Gasteiger charge is -2.17. The fourth-order valence-corrected chi connectivity index (χ4v) is 3.33. The maximum atomic E-state index is 14.2. The molecule has 0 aromatic heterocycles. The Labute approximate surface area is 132 Å². The number of nitrogens with one attached hydrogen (secondary N) is 1. The first-order chi connectivity index (χ1) is 11.1. The van der Waals surface area contributed by atoms with E-state index in [-0.39, 0.29) is 5.69 Å². The van der Waals surface area contributed by atoms with Crippen molar-refractivity contribution in [2.24, 2.45) is 0 Å². The zero-order valence-corrected chi connectivity index (χ0v) is 12.3. The van der Waals surface area contributed by atoms with Gasteiger partial charge in [-0.2, -0.15) is 0 Å². The van der Waals surface area contributed by atoms with E-state index >= 15 is 0 Å². The molecular formula is C18H13FN2O2. The molecule has 2 heterocycles. The van der Waals surface area contributed by atoms with Crippen LogP contribution in [-0.4, -0.2) is 18.9 Å². The third kappa shape index (κ3) is 1.64. The van der Waals surface area contributed by atoms with Crippen molar-refractivity contribution >= 4 is 23.2 Å². The lowest BCUT2D eigenvalue weighted by molar-refractivity contribution is -0.131. The topological polar surface area (TPSA) is 49.4 Å². The van der Waals surface area contributed by atoms with Crippen LogP contribution in [0.15, 0.2) is 54.6 Å². The number of rotatable bonds is 1. The van der Waals surface area contributed by atoms with Crippen molar-refractivity contribution in [2.45, 2.75) is 5.41 Å². The molecule has 0 saturated carbocycles. The number of fused-ring (bicyclic) bond motifs is 2. The first kappa shape index (κ1) is 13.7. The summed E-state index contributed by atoms with van der Waals surface area (Å²) in [6.45, 7) is 0. The number of anilines is 1. The van der Waals surface area contributed by atoms with E-state index in [4.69, 9.17) is 0 Å². The maximum absolute atomic E-state index is 14.2. The number of benzene rings is 2. The number of likely N-dealkylation sites (N-methyl/N-ethyl adjacent to an activating group) is 1.